The fourth-order valence-corrected chi connectivity index (χ4v) is 1.56. The molecule has 0 rings (SSSR count). The molecule has 0 unspecified atom stereocenters. The maximum absolute atomic E-state index is 5.15. The summed E-state index contributed by atoms with van der Waals surface area (Å²) in [4.78, 5) is 2.46. The Hall–Kier alpha value is -0.340. The molecule has 0 aliphatic carbocycles. The van der Waals surface area contributed by atoms with Crippen molar-refractivity contribution < 1.29 is 0 Å². The van der Waals surface area contributed by atoms with Crippen LogP contribution in [0.15, 0.2) is 11.6 Å². The highest BCUT2D eigenvalue weighted by molar-refractivity contribution is 4.93. The van der Waals surface area contributed by atoms with Crippen molar-refractivity contribution in [2.24, 2.45) is 5.73 Å². The minimum atomic E-state index is 0.669. The molecule has 0 fully saturated rings. The minimum Gasteiger partial charge on any atom is -0.327 e. The molecule has 92 valence electrons. The largest absolute Gasteiger partial charge is 0.327 e. The fraction of sp³-hybridized carbons (Fsp3) is 0.846. The van der Waals surface area contributed by atoms with Gasteiger partial charge in [0.15, 0.2) is 0 Å². The zero-order chi connectivity index (χ0) is 12.4. The Balaban J connectivity index is 0. The molecule has 0 aromatic carbocycles. The molecular formula is C13H30N2. The highest BCUT2D eigenvalue weighted by atomic mass is 15.2. The monoisotopic (exact) mass is 214 g/mol. The number of hydrogen-bond acceptors (Lipinski definition) is 2. The normalized spacial score (nSPS) is 10.3. The molecule has 0 saturated carbocycles. The number of nitrogens with zero attached hydrogens (tertiary/aromatic N) is 1. The van der Waals surface area contributed by atoms with E-state index in [1.807, 2.05) is 19.9 Å². The molecule has 0 saturated heterocycles. The van der Waals surface area contributed by atoms with Crippen LogP contribution >= 0.6 is 0 Å². The van der Waals surface area contributed by atoms with E-state index in [2.05, 4.69) is 39.5 Å². The first-order valence-electron chi connectivity index (χ1n) is 5.95. The van der Waals surface area contributed by atoms with Gasteiger partial charge in [0.25, 0.3) is 0 Å². The van der Waals surface area contributed by atoms with Crippen LogP contribution in [-0.4, -0.2) is 30.1 Å². The van der Waals surface area contributed by atoms with E-state index in [0.717, 1.165) is 6.54 Å². The van der Waals surface area contributed by atoms with Crippen LogP contribution in [-0.2, 0) is 0 Å². The lowest BCUT2D eigenvalue weighted by Gasteiger charge is -2.28. The maximum atomic E-state index is 5.15. The summed E-state index contributed by atoms with van der Waals surface area (Å²) in [5.74, 6) is 0. The fourth-order valence-electron chi connectivity index (χ4n) is 1.56. The van der Waals surface area contributed by atoms with Gasteiger partial charge in [0.2, 0.25) is 0 Å². The lowest BCUT2D eigenvalue weighted by atomic mass is 10.2. The zero-order valence-electron chi connectivity index (χ0n) is 11.7. The van der Waals surface area contributed by atoms with Crippen molar-refractivity contribution in [1.82, 2.24) is 4.90 Å². The Kier molecular flexibility index (Phi) is 11.6. The highest BCUT2D eigenvalue weighted by Crippen LogP contribution is 2.02. The lowest BCUT2D eigenvalue weighted by Crippen LogP contribution is -2.36. The predicted molar refractivity (Wildman–Crippen MR) is 71.1 cm³/mol. The minimum absolute atomic E-state index is 0.669. The van der Waals surface area contributed by atoms with Crippen LogP contribution in [0.3, 0.4) is 0 Å². The number of hydrogen-bond donors (Lipinski definition) is 1. The van der Waals surface area contributed by atoms with Gasteiger partial charge < -0.3 is 5.73 Å². The summed E-state index contributed by atoms with van der Waals surface area (Å²) in [5, 5.41) is 0. The first-order chi connectivity index (χ1) is 6.86. The molecule has 0 heterocycles. The molecule has 0 amide bonds. The van der Waals surface area contributed by atoms with E-state index in [1.165, 1.54) is 5.57 Å². The number of allylic oxidation sites excluding steroid dienone is 1. The van der Waals surface area contributed by atoms with Gasteiger partial charge in [-0.1, -0.05) is 18.6 Å². The Morgan fingerprint density at radius 1 is 1.13 bits per heavy atom. The number of rotatable bonds is 4. The van der Waals surface area contributed by atoms with Crippen LogP contribution in [0.1, 0.15) is 48.5 Å². The van der Waals surface area contributed by atoms with Gasteiger partial charge in [-0.15, -0.1) is 0 Å². The molecule has 0 aromatic heterocycles. The molecule has 2 nitrogen and oxygen atoms in total. The van der Waals surface area contributed by atoms with Crippen molar-refractivity contribution >= 4 is 0 Å². The zero-order valence-corrected chi connectivity index (χ0v) is 11.7. The predicted octanol–water partition coefficient (Wildman–Crippen LogP) is 3.04. The van der Waals surface area contributed by atoms with Crippen LogP contribution < -0.4 is 5.73 Å². The van der Waals surface area contributed by atoms with Gasteiger partial charge in [0.05, 0.1) is 0 Å². The molecule has 0 aliphatic rings. The van der Waals surface area contributed by atoms with Crippen LogP contribution in [0, 0.1) is 0 Å². The van der Waals surface area contributed by atoms with Gasteiger partial charge in [0, 0.05) is 18.6 Å². The molecule has 0 atom stereocenters. The first kappa shape index (κ1) is 17.1. The van der Waals surface area contributed by atoms with Crippen molar-refractivity contribution in [2.75, 3.05) is 13.1 Å². The van der Waals surface area contributed by atoms with Gasteiger partial charge >= 0.3 is 0 Å². The van der Waals surface area contributed by atoms with Gasteiger partial charge in [-0.3, -0.25) is 4.90 Å². The molecule has 2 heteroatoms. The van der Waals surface area contributed by atoms with Gasteiger partial charge in [-0.05, 0) is 48.1 Å². The quantitative estimate of drug-likeness (QED) is 0.729. The van der Waals surface area contributed by atoms with Crippen molar-refractivity contribution in [2.45, 2.75) is 60.5 Å². The molecular weight excluding hydrogens is 184 g/mol. The molecule has 0 bridgehead atoms. The van der Waals surface area contributed by atoms with E-state index in [9.17, 15) is 0 Å². The second-order valence-corrected chi connectivity index (χ2v) is 4.54. The summed E-state index contributed by atoms with van der Waals surface area (Å²) < 4.78 is 0. The molecule has 2 N–H and O–H groups in total. The third-order valence-electron chi connectivity index (χ3n) is 2.22. The van der Waals surface area contributed by atoms with E-state index < -0.39 is 0 Å². The molecule has 15 heavy (non-hydrogen) atoms. The highest BCUT2D eigenvalue weighted by Gasteiger charge is 2.08. The van der Waals surface area contributed by atoms with Crippen molar-refractivity contribution in [1.29, 1.82) is 0 Å². The van der Waals surface area contributed by atoms with Crippen molar-refractivity contribution in [3.8, 4) is 0 Å². The van der Waals surface area contributed by atoms with E-state index in [0.29, 0.717) is 18.6 Å². The van der Waals surface area contributed by atoms with Crippen LogP contribution in [0.4, 0.5) is 0 Å². The topological polar surface area (TPSA) is 29.3 Å². The molecule has 0 aliphatic heterocycles. The lowest BCUT2D eigenvalue weighted by molar-refractivity contribution is 0.185. The van der Waals surface area contributed by atoms with Crippen molar-refractivity contribution in [3.05, 3.63) is 11.6 Å². The SMILES string of the molecule is CC(C)=CCN.CCN(C(C)C)C(C)C. The summed E-state index contributed by atoms with van der Waals surface area (Å²) in [7, 11) is 0. The summed E-state index contributed by atoms with van der Waals surface area (Å²) in [6.07, 6.45) is 1.99. The van der Waals surface area contributed by atoms with E-state index in [4.69, 9.17) is 5.73 Å². The average Bonchev–Trinajstić information content (AvgIpc) is 2.03. The summed E-state index contributed by atoms with van der Waals surface area (Å²) in [6, 6.07) is 1.38. The summed E-state index contributed by atoms with van der Waals surface area (Å²) in [6.45, 7) is 17.1. The standard InChI is InChI=1S/C8H19N.C5H11N/c1-6-9(7(2)3)8(4)5;1-5(2)3-4-6/h7-8H,6H2,1-5H3;3H,4,6H2,1-2H3. The van der Waals surface area contributed by atoms with Crippen LogP contribution in [0.5, 0.6) is 0 Å². The van der Waals surface area contributed by atoms with Crippen LogP contribution in [0.2, 0.25) is 0 Å². The van der Waals surface area contributed by atoms with Gasteiger partial charge in [-0.2, -0.15) is 0 Å². The third-order valence-corrected chi connectivity index (χ3v) is 2.22. The second kappa shape index (κ2) is 10.2. The Morgan fingerprint density at radius 3 is 1.53 bits per heavy atom. The van der Waals surface area contributed by atoms with Gasteiger partial charge in [-0.25, -0.2) is 0 Å². The Bertz CT molecular complexity index is 148. The van der Waals surface area contributed by atoms with Crippen molar-refractivity contribution in [3.63, 3.8) is 0 Å². The van der Waals surface area contributed by atoms with E-state index >= 15 is 0 Å². The average molecular weight is 214 g/mol. The maximum Gasteiger partial charge on any atom is 0.0109 e. The Morgan fingerprint density at radius 2 is 1.53 bits per heavy atom. The van der Waals surface area contributed by atoms with Crippen LogP contribution in [0.25, 0.3) is 0 Å². The van der Waals surface area contributed by atoms with E-state index in [-0.39, 0.29) is 0 Å². The molecule has 0 spiro atoms. The Labute approximate surface area is 96.5 Å². The third kappa shape index (κ3) is 11.6. The first-order valence-corrected chi connectivity index (χ1v) is 5.95. The van der Waals surface area contributed by atoms with Gasteiger partial charge in [0.1, 0.15) is 0 Å². The summed E-state index contributed by atoms with van der Waals surface area (Å²) in [5.41, 5.74) is 6.44. The molecule has 0 radical (unpaired) electrons. The number of nitrogens with two attached hydrogens (primary N) is 1. The summed E-state index contributed by atoms with van der Waals surface area (Å²) >= 11 is 0. The van der Waals surface area contributed by atoms with E-state index in [1.54, 1.807) is 0 Å². The molecule has 0 aromatic rings. The second-order valence-electron chi connectivity index (χ2n) is 4.54. The smallest absolute Gasteiger partial charge is 0.0109 e.